The summed E-state index contributed by atoms with van der Waals surface area (Å²) in [7, 11) is 1.92. The molecule has 0 radical (unpaired) electrons. The van der Waals surface area contributed by atoms with E-state index >= 15 is 0 Å². The van der Waals surface area contributed by atoms with E-state index in [0.29, 0.717) is 17.4 Å². The first kappa shape index (κ1) is 8.35. The minimum Gasteiger partial charge on any atom is -0.399 e. The number of nitrogens with zero attached hydrogens (tertiary/aromatic N) is 1. The van der Waals surface area contributed by atoms with Crippen LogP contribution in [-0.4, -0.2) is 13.1 Å². The number of rotatable bonds is 2. The lowest BCUT2D eigenvalue weighted by Gasteiger charge is -2.19. The van der Waals surface area contributed by atoms with Crippen LogP contribution in [0.15, 0.2) is 18.2 Å². The fourth-order valence-electron chi connectivity index (χ4n) is 1.47. The standard InChI is InChI=1S/C10H13FN2/c1-13(8-3-4-8)10-5-2-7(12)6-9(10)11/h2,5-6,8H,3-4,12H2,1H3. The first-order chi connectivity index (χ1) is 6.18. The maximum Gasteiger partial charge on any atom is 0.148 e. The number of hydrogen-bond acceptors (Lipinski definition) is 2. The topological polar surface area (TPSA) is 29.3 Å². The van der Waals surface area contributed by atoms with Crippen molar-refractivity contribution in [1.82, 2.24) is 0 Å². The summed E-state index contributed by atoms with van der Waals surface area (Å²) in [5.74, 6) is -0.227. The molecule has 2 N–H and O–H groups in total. The van der Waals surface area contributed by atoms with Crippen molar-refractivity contribution in [3.63, 3.8) is 0 Å². The minimum atomic E-state index is -0.227. The van der Waals surface area contributed by atoms with Crippen molar-refractivity contribution >= 4 is 11.4 Å². The van der Waals surface area contributed by atoms with E-state index in [1.54, 1.807) is 12.1 Å². The van der Waals surface area contributed by atoms with Crippen LogP contribution in [0.4, 0.5) is 15.8 Å². The molecule has 1 aromatic carbocycles. The van der Waals surface area contributed by atoms with E-state index in [1.807, 2.05) is 11.9 Å². The first-order valence-corrected chi connectivity index (χ1v) is 4.46. The molecule has 1 aliphatic carbocycles. The van der Waals surface area contributed by atoms with Crippen LogP contribution < -0.4 is 10.6 Å². The monoisotopic (exact) mass is 180 g/mol. The third kappa shape index (κ3) is 1.59. The van der Waals surface area contributed by atoms with Gasteiger partial charge in [0, 0.05) is 18.8 Å². The van der Waals surface area contributed by atoms with Gasteiger partial charge in [0.05, 0.1) is 5.69 Å². The van der Waals surface area contributed by atoms with Crippen molar-refractivity contribution in [2.75, 3.05) is 17.7 Å². The second kappa shape index (κ2) is 2.91. The summed E-state index contributed by atoms with van der Waals surface area (Å²) in [4.78, 5) is 1.98. The Morgan fingerprint density at radius 2 is 2.15 bits per heavy atom. The van der Waals surface area contributed by atoms with E-state index in [0.717, 1.165) is 0 Å². The number of nitrogen functional groups attached to an aromatic ring is 1. The van der Waals surface area contributed by atoms with Gasteiger partial charge in [0.2, 0.25) is 0 Å². The highest BCUT2D eigenvalue weighted by molar-refractivity contribution is 5.55. The predicted molar refractivity (Wildman–Crippen MR) is 52.2 cm³/mol. The molecule has 1 aliphatic rings. The summed E-state index contributed by atoms with van der Waals surface area (Å²) in [6.07, 6.45) is 2.33. The smallest absolute Gasteiger partial charge is 0.148 e. The summed E-state index contributed by atoms with van der Waals surface area (Å²) in [6.45, 7) is 0. The van der Waals surface area contributed by atoms with Crippen molar-refractivity contribution in [2.24, 2.45) is 0 Å². The summed E-state index contributed by atoms with van der Waals surface area (Å²) >= 11 is 0. The van der Waals surface area contributed by atoms with Crippen LogP contribution in [-0.2, 0) is 0 Å². The zero-order valence-electron chi connectivity index (χ0n) is 7.63. The number of anilines is 2. The second-order valence-corrected chi connectivity index (χ2v) is 3.55. The minimum absolute atomic E-state index is 0.227. The van der Waals surface area contributed by atoms with Crippen molar-refractivity contribution in [3.05, 3.63) is 24.0 Å². The van der Waals surface area contributed by atoms with Crippen LogP contribution in [0.5, 0.6) is 0 Å². The van der Waals surface area contributed by atoms with Gasteiger partial charge in [-0.3, -0.25) is 0 Å². The SMILES string of the molecule is CN(c1ccc(N)cc1F)C1CC1. The maximum atomic E-state index is 13.4. The Hall–Kier alpha value is -1.25. The lowest BCUT2D eigenvalue weighted by Crippen LogP contribution is -2.20. The van der Waals surface area contributed by atoms with E-state index in [1.165, 1.54) is 18.9 Å². The van der Waals surface area contributed by atoms with Gasteiger partial charge in [-0.25, -0.2) is 4.39 Å². The Balaban J connectivity index is 2.28. The lowest BCUT2D eigenvalue weighted by atomic mass is 10.2. The molecule has 0 bridgehead atoms. The van der Waals surface area contributed by atoms with Crippen LogP contribution >= 0.6 is 0 Å². The van der Waals surface area contributed by atoms with Gasteiger partial charge in [0.15, 0.2) is 0 Å². The van der Waals surface area contributed by atoms with E-state index in [-0.39, 0.29) is 5.82 Å². The van der Waals surface area contributed by atoms with Gasteiger partial charge in [-0.15, -0.1) is 0 Å². The fourth-order valence-corrected chi connectivity index (χ4v) is 1.47. The van der Waals surface area contributed by atoms with Gasteiger partial charge < -0.3 is 10.6 Å². The largest absolute Gasteiger partial charge is 0.399 e. The molecule has 0 atom stereocenters. The average Bonchev–Trinajstić information content (AvgIpc) is 2.85. The zero-order chi connectivity index (χ0) is 9.42. The molecular weight excluding hydrogens is 167 g/mol. The van der Waals surface area contributed by atoms with E-state index < -0.39 is 0 Å². The van der Waals surface area contributed by atoms with Gasteiger partial charge in [0.25, 0.3) is 0 Å². The molecule has 0 amide bonds. The molecular formula is C10H13FN2. The summed E-state index contributed by atoms with van der Waals surface area (Å²) in [5, 5.41) is 0. The molecule has 2 nitrogen and oxygen atoms in total. The molecule has 0 aromatic heterocycles. The molecule has 0 unspecified atom stereocenters. The molecule has 2 rings (SSSR count). The van der Waals surface area contributed by atoms with Crippen LogP contribution in [0.1, 0.15) is 12.8 Å². The van der Waals surface area contributed by atoms with Crippen molar-refractivity contribution in [3.8, 4) is 0 Å². The number of hydrogen-bond donors (Lipinski definition) is 1. The third-order valence-electron chi connectivity index (χ3n) is 2.45. The summed E-state index contributed by atoms with van der Waals surface area (Å²) in [5.41, 5.74) is 6.59. The molecule has 3 heteroatoms. The molecule has 0 spiro atoms. The highest BCUT2D eigenvalue weighted by Gasteiger charge is 2.27. The Bertz CT molecular complexity index is 321. The Labute approximate surface area is 77.2 Å². The molecule has 13 heavy (non-hydrogen) atoms. The van der Waals surface area contributed by atoms with E-state index in [9.17, 15) is 4.39 Å². The Kier molecular flexibility index (Phi) is 1.87. The fraction of sp³-hybridized carbons (Fsp3) is 0.400. The zero-order valence-corrected chi connectivity index (χ0v) is 7.63. The number of benzene rings is 1. The van der Waals surface area contributed by atoms with E-state index in [2.05, 4.69) is 0 Å². The molecule has 1 fully saturated rings. The van der Waals surface area contributed by atoms with Crippen molar-refractivity contribution < 1.29 is 4.39 Å². The van der Waals surface area contributed by atoms with Gasteiger partial charge in [0.1, 0.15) is 5.82 Å². The van der Waals surface area contributed by atoms with Gasteiger partial charge in [-0.2, -0.15) is 0 Å². The first-order valence-electron chi connectivity index (χ1n) is 4.46. The van der Waals surface area contributed by atoms with Crippen LogP contribution in [0.2, 0.25) is 0 Å². The van der Waals surface area contributed by atoms with Gasteiger partial charge in [-0.05, 0) is 31.0 Å². The van der Waals surface area contributed by atoms with Gasteiger partial charge >= 0.3 is 0 Å². The molecule has 0 heterocycles. The van der Waals surface area contributed by atoms with Crippen LogP contribution in [0, 0.1) is 5.82 Å². The third-order valence-corrected chi connectivity index (χ3v) is 2.45. The quantitative estimate of drug-likeness (QED) is 0.705. The molecule has 0 saturated heterocycles. The second-order valence-electron chi connectivity index (χ2n) is 3.55. The van der Waals surface area contributed by atoms with E-state index in [4.69, 9.17) is 5.73 Å². The number of nitrogens with two attached hydrogens (primary N) is 1. The average molecular weight is 180 g/mol. The molecule has 1 aromatic rings. The Morgan fingerprint density at radius 3 is 2.69 bits per heavy atom. The Morgan fingerprint density at radius 1 is 1.46 bits per heavy atom. The molecule has 1 saturated carbocycles. The summed E-state index contributed by atoms with van der Waals surface area (Å²) in [6, 6.07) is 5.37. The molecule has 0 aliphatic heterocycles. The number of halogens is 1. The maximum absolute atomic E-state index is 13.4. The highest BCUT2D eigenvalue weighted by Crippen LogP contribution is 2.31. The van der Waals surface area contributed by atoms with Gasteiger partial charge in [-0.1, -0.05) is 0 Å². The van der Waals surface area contributed by atoms with Crippen LogP contribution in [0.3, 0.4) is 0 Å². The normalized spacial score (nSPS) is 15.8. The molecule has 70 valence electrons. The highest BCUT2D eigenvalue weighted by atomic mass is 19.1. The predicted octanol–water partition coefficient (Wildman–Crippen LogP) is 2.01. The van der Waals surface area contributed by atoms with Crippen molar-refractivity contribution in [2.45, 2.75) is 18.9 Å². The van der Waals surface area contributed by atoms with Crippen molar-refractivity contribution in [1.29, 1.82) is 0 Å². The summed E-state index contributed by atoms with van der Waals surface area (Å²) < 4.78 is 13.4. The lowest BCUT2D eigenvalue weighted by molar-refractivity contribution is 0.622. The van der Waals surface area contributed by atoms with Crippen LogP contribution in [0.25, 0.3) is 0 Å².